The molecule has 0 aliphatic carbocycles. The monoisotopic (exact) mass is 402 g/mol. The Morgan fingerprint density at radius 3 is 2.69 bits per heavy atom. The fraction of sp³-hybridized carbons (Fsp3) is 0.333. The van der Waals surface area contributed by atoms with Crippen molar-refractivity contribution < 1.29 is 17.9 Å². The van der Waals surface area contributed by atoms with Crippen LogP contribution in [-0.4, -0.2) is 27.7 Å². The van der Waals surface area contributed by atoms with E-state index in [4.69, 9.17) is 10.5 Å². The Hall–Kier alpha value is -2.87. The van der Waals surface area contributed by atoms with Crippen LogP contribution in [-0.2, 0) is 17.5 Å². The van der Waals surface area contributed by atoms with Gasteiger partial charge in [-0.1, -0.05) is 18.2 Å². The number of anilines is 1. The van der Waals surface area contributed by atoms with Gasteiger partial charge in [-0.15, -0.1) is 0 Å². The molecule has 8 heteroatoms. The number of aromatic nitrogens is 3. The predicted octanol–water partition coefficient (Wildman–Crippen LogP) is 4.50. The largest absolute Gasteiger partial charge is 0.416 e. The number of halogens is 3. The molecule has 0 saturated carbocycles. The summed E-state index contributed by atoms with van der Waals surface area (Å²) in [6.07, 6.45) is -1.68. The van der Waals surface area contributed by atoms with Gasteiger partial charge in [0.25, 0.3) is 0 Å². The number of nitrogens with zero attached hydrogens (tertiary/aromatic N) is 3. The molecule has 0 radical (unpaired) electrons. The van der Waals surface area contributed by atoms with Crippen LogP contribution in [0.4, 0.5) is 19.0 Å². The number of ether oxygens (including phenoxy) is 1. The third-order valence-electron chi connectivity index (χ3n) is 5.33. The summed E-state index contributed by atoms with van der Waals surface area (Å²) in [5.41, 5.74) is 9.46. The summed E-state index contributed by atoms with van der Waals surface area (Å²) >= 11 is 0. The highest BCUT2D eigenvalue weighted by Crippen LogP contribution is 2.34. The van der Waals surface area contributed by atoms with Crippen LogP contribution in [0.5, 0.6) is 0 Å². The van der Waals surface area contributed by atoms with Gasteiger partial charge in [0.05, 0.1) is 30.0 Å². The summed E-state index contributed by atoms with van der Waals surface area (Å²) in [5.74, 6) is 0.982. The first-order valence-corrected chi connectivity index (χ1v) is 9.32. The Kier molecular flexibility index (Phi) is 4.82. The number of benzene rings is 1. The van der Waals surface area contributed by atoms with Crippen molar-refractivity contribution in [3.63, 3.8) is 0 Å². The quantitative estimate of drug-likeness (QED) is 0.701. The minimum atomic E-state index is -4.39. The molecule has 4 rings (SSSR count). The molecule has 1 aromatic carbocycles. The molecule has 1 aliphatic heterocycles. The number of hydrogen-bond donors (Lipinski definition) is 1. The molecule has 29 heavy (non-hydrogen) atoms. The SMILES string of the molecule is Cc1c(Cn2c(C)nc3c(N)nc(C4=CCOCC4)cc32)cccc1C(F)(F)F. The normalized spacial score (nSPS) is 15.0. The molecule has 0 bridgehead atoms. The number of fused-ring (bicyclic) bond motifs is 1. The van der Waals surface area contributed by atoms with Crippen molar-refractivity contribution in [1.82, 2.24) is 14.5 Å². The Bertz CT molecular complexity index is 1120. The van der Waals surface area contributed by atoms with Crippen molar-refractivity contribution in [2.75, 3.05) is 18.9 Å². The molecule has 152 valence electrons. The average molecular weight is 402 g/mol. The van der Waals surface area contributed by atoms with Gasteiger partial charge in [0.2, 0.25) is 0 Å². The summed E-state index contributed by atoms with van der Waals surface area (Å²) in [6, 6.07) is 6.16. The van der Waals surface area contributed by atoms with E-state index >= 15 is 0 Å². The van der Waals surface area contributed by atoms with Crippen LogP contribution in [0.15, 0.2) is 30.3 Å². The van der Waals surface area contributed by atoms with Gasteiger partial charge in [-0.3, -0.25) is 0 Å². The zero-order valence-electron chi connectivity index (χ0n) is 16.2. The Morgan fingerprint density at radius 1 is 1.21 bits per heavy atom. The molecular weight excluding hydrogens is 381 g/mol. The number of nitrogens with two attached hydrogens (primary N) is 1. The van der Waals surface area contributed by atoms with Crippen molar-refractivity contribution >= 4 is 22.4 Å². The predicted molar refractivity (Wildman–Crippen MR) is 105 cm³/mol. The van der Waals surface area contributed by atoms with Crippen molar-refractivity contribution in [2.24, 2.45) is 0 Å². The van der Waals surface area contributed by atoms with Gasteiger partial charge in [0.1, 0.15) is 11.3 Å². The number of aryl methyl sites for hydroxylation is 1. The van der Waals surface area contributed by atoms with Crippen molar-refractivity contribution in [1.29, 1.82) is 0 Å². The topological polar surface area (TPSA) is 66.0 Å². The van der Waals surface area contributed by atoms with Crippen molar-refractivity contribution in [3.8, 4) is 0 Å². The lowest BCUT2D eigenvalue weighted by Crippen LogP contribution is -2.11. The molecule has 0 atom stereocenters. The number of hydrogen-bond acceptors (Lipinski definition) is 4. The van der Waals surface area contributed by atoms with Crippen molar-refractivity contribution in [3.05, 3.63) is 58.6 Å². The lowest BCUT2D eigenvalue weighted by atomic mass is 10.0. The maximum atomic E-state index is 13.3. The van der Waals surface area contributed by atoms with E-state index in [-0.39, 0.29) is 12.1 Å². The fourth-order valence-electron chi connectivity index (χ4n) is 3.72. The first-order valence-electron chi connectivity index (χ1n) is 9.32. The maximum absolute atomic E-state index is 13.3. The fourth-order valence-corrected chi connectivity index (χ4v) is 3.72. The Labute approximate surface area is 166 Å². The summed E-state index contributed by atoms with van der Waals surface area (Å²) < 4.78 is 47.1. The number of imidazole rings is 1. The maximum Gasteiger partial charge on any atom is 0.416 e. The second-order valence-electron chi connectivity index (χ2n) is 7.15. The van der Waals surface area contributed by atoms with Gasteiger partial charge in [-0.05, 0) is 49.1 Å². The molecule has 0 fully saturated rings. The Morgan fingerprint density at radius 2 is 2.00 bits per heavy atom. The van der Waals surface area contributed by atoms with Gasteiger partial charge < -0.3 is 15.0 Å². The van der Waals surface area contributed by atoms with Crippen LogP contribution in [0.25, 0.3) is 16.6 Å². The summed E-state index contributed by atoms with van der Waals surface area (Å²) in [7, 11) is 0. The molecule has 0 amide bonds. The highest BCUT2D eigenvalue weighted by Gasteiger charge is 2.32. The molecule has 0 saturated heterocycles. The average Bonchev–Trinajstić information content (AvgIpc) is 2.99. The van der Waals surface area contributed by atoms with E-state index in [9.17, 15) is 13.2 Å². The second kappa shape index (κ2) is 7.18. The van der Waals surface area contributed by atoms with Crippen LogP contribution in [0, 0.1) is 13.8 Å². The van der Waals surface area contributed by atoms with E-state index < -0.39 is 11.7 Å². The Balaban J connectivity index is 1.81. The summed E-state index contributed by atoms with van der Waals surface area (Å²) in [4.78, 5) is 8.98. The van der Waals surface area contributed by atoms with Gasteiger partial charge in [-0.25, -0.2) is 9.97 Å². The van der Waals surface area contributed by atoms with E-state index in [0.29, 0.717) is 35.9 Å². The molecule has 3 heterocycles. The van der Waals surface area contributed by atoms with Crippen LogP contribution in [0.3, 0.4) is 0 Å². The molecule has 1 aliphatic rings. The zero-order chi connectivity index (χ0) is 20.8. The molecule has 5 nitrogen and oxygen atoms in total. The van der Waals surface area contributed by atoms with Crippen LogP contribution >= 0.6 is 0 Å². The van der Waals surface area contributed by atoms with E-state index in [1.165, 1.54) is 13.0 Å². The van der Waals surface area contributed by atoms with E-state index in [2.05, 4.69) is 9.97 Å². The number of alkyl halides is 3. The summed E-state index contributed by atoms with van der Waals surface area (Å²) in [5, 5.41) is 0. The van der Waals surface area contributed by atoms with E-state index in [1.807, 2.05) is 23.6 Å². The summed E-state index contributed by atoms with van der Waals surface area (Å²) in [6.45, 7) is 4.73. The van der Waals surface area contributed by atoms with E-state index in [1.54, 1.807) is 6.07 Å². The van der Waals surface area contributed by atoms with Gasteiger partial charge in [0.15, 0.2) is 5.82 Å². The molecule has 2 N–H and O–H groups in total. The highest BCUT2D eigenvalue weighted by atomic mass is 19.4. The minimum Gasteiger partial charge on any atom is -0.382 e. The van der Waals surface area contributed by atoms with Gasteiger partial charge >= 0.3 is 6.18 Å². The smallest absolute Gasteiger partial charge is 0.382 e. The molecule has 0 unspecified atom stereocenters. The second-order valence-corrected chi connectivity index (χ2v) is 7.15. The first kappa shape index (κ1) is 19.4. The third-order valence-corrected chi connectivity index (χ3v) is 5.33. The minimum absolute atomic E-state index is 0.218. The highest BCUT2D eigenvalue weighted by molar-refractivity contribution is 5.88. The zero-order valence-corrected chi connectivity index (χ0v) is 16.2. The van der Waals surface area contributed by atoms with Gasteiger partial charge in [0, 0.05) is 6.54 Å². The van der Waals surface area contributed by atoms with Crippen LogP contribution < -0.4 is 5.73 Å². The molecule has 2 aromatic heterocycles. The van der Waals surface area contributed by atoms with Crippen LogP contribution in [0.1, 0.15) is 34.6 Å². The number of rotatable bonds is 3. The molecular formula is C21H21F3N4O. The standard InChI is InChI=1S/C21H21F3N4O/c1-12-15(4-3-5-16(12)21(22,23)24)11-28-13(2)26-19-18(28)10-17(27-20(19)25)14-6-8-29-9-7-14/h3-6,10H,7-9,11H2,1-2H3,(H2,25,27). The lowest BCUT2D eigenvalue weighted by Gasteiger charge is -2.16. The van der Waals surface area contributed by atoms with Gasteiger partial charge in [-0.2, -0.15) is 13.2 Å². The van der Waals surface area contributed by atoms with E-state index in [0.717, 1.165) is 29.3 Å². The molecule has 3 aromatic rings. The van der Waals surface area contributed by atoms with Crippen molar-refractivity contribution in [2.45, 2.75) is 33.0 Å². The first-order chi connectivity index (χ1) is 13.8. The number of pyridine rings is 1. The third kappa shape index (κ3) is 3.60. The molecule has 0 spiro atoms. The van der Waals surface area contributed by atoms with Crippen LogP contribution in [0.2, 0.25) is 0 Å². The lowest BCUT2D eigenvalue weighted by molar-refractivity contribution is -0.138. The number of nitrogen functional groups attached to an aromatic ring is 1.